The fourth-order valence-electron chi connectivity index (χ4n) is 2.27. The second kappa shape index (κ2) is 6.99. The van der Waals surface area contributed by atoms with Crippen molar-refractivity contribution in [1.29, 1.82) is 0 Å². The van der Waals surface area contributed by atoms with Crippen LogP contribution >= 0.6 is 23.2 Å². The first kappa shape index (κ1) is 15.8. The lowest BCUT2D eigenvalue weighted by Gasteiger charge is -2.01. The van der Waals surface area contributed by atoms with Crippen LogP contribution < -0.4 is 5.32 Å². The Balaban J connectivity index is 1.68. The summed E-state index contributed by atoms with van der Waals surface area (Å²) in [7, 11) is 0. The third-order valence-electron chi connectivity index (χ3n) is 3.48. The molecule has 0 fully saturated rings. The minimum Gasteiger partial charge on any atom is -0.309 e. The van der Waals surface area contributed by atoms with Gasteiger partial charge in [-0.1, -0.05) is 47.5 Å². The minimum atomic E-state index is -0.175. The van der Waals surface area contributed by atoms with Crippen molar-refractivity contribution in [3.63, 3.8) is 0 Å². The van der Waals surface area contributed by atoms with Gasteiger partial charge in [0.15, 0.2) is 0 Å². The fourth-order valence-corrected chi connectivity index (χ4v) is 2.52. The van der Waals surface area contributed by atoms with Crippen molar-refractivity contribution in [2.45, 2.75) is 12.8 Å². The number of halogens is 2. The third-order valence-corrected chi connectivity index (χ3v) is 3.99. The molecule has 1 aliphatic heterocycles. The Kier molecular flexibility index (Phi) is 4.79. The molecular formula is C18H14Cl2N2O. The van der Waals surface area contributed by atoms with Gasteiger partial charge < -0.3 is 5.32 Å². The molecule has 0 atom stereocenters. The number of aliphatic imine (C=N–C) groups is 1. The van der Waals surface area contributed by atoms with Crippen LogP contribution in [0.4, 0.5) is 0 Å². The molecular weight excluding hydrogens is 331 g/mol. The quantitative estimate of drug-likeness (QED) is 0.815. The Labute approximate surface area is 144 Å². The van der Waals surface area contributed by atoms with Crippen LogP contribution in [-0.4, -0.2) is 11.7 Å². The molecule has 116 valence electrons. The van der Waals surface area contributed by atoms with E-state index in [0.29, 0.717) is 28.0 Å². The summed E-state index contributed by atoms with van der Waals surface area (Å²) in [6, 6.07) is 14.9. The number of hydrogen-bond acceptors (Lipinski definition) is 2. The lowest BCUT2D eigenvalue weighted by Crippen LogP contribution is -2.24. The molecule has 0 bridgehead atoms. The average molecular weight is 345 g/mol. The van der Waals surface area contributed by atoms with E-state index in [4.69, 9.17) is 23.2 Å². The zero-order valence-electron chi connectivity index (χ0n) is 12.2. The van der Waals surface area contributed by atoms with Gasteiger partial charge in [0.2, 0.25) is 0 Å². The summed E-state index contributed by atoms with van der Waals surface area (Å²) in [6.07, 6.45) is 3.22. The van der Waals surface area contributed by atoms with E-state index < -0.39 is 0 Å². The maximum Gasteiger partial charge on any atom is 0.275 e. The van der Waals surface area contributed by atoms with Gasteiger partial charge in [-0.05, 0) is 47.9 Å². The van der Waals surface area contributed by atoms with Crippen LogP contribution in [0.2, 0.25) is 10.0 Å². The topological polar surface area (TPSA) is 41.5 Å². The molecule has 23 heavy (non-hydrogen) atoms. The van der Waals surface area contributed by atoms with Crippen molar-refractivity contribution in [3.8, 4) is 0 Å². The van der Waals surface area contributed by atoms with E-state index in [-0.39, 0.29) is 5.91 Å². The predicted octanol–water partition coefficient (Wildman–Crippen LogP) is 4.50. The molecule has 0 aromatic heterocycles. The van der Waals surface area contributed by atoms with Gasteiger partial charge in [-0.25, -0.2) is 4.99 Å². The van der Waals surface area contributed by atoms with Crippen LogP contribution in [0.1, 0.15) is 17.5 Å². The summed E-state index contributed by atoms with van der Waals surface area (Å²) in [5.74, 6) is 0.510. The summed E-state index contributed by atoms with van der Waals surface area (Å²) in [5.41, 5.74) is 2.46. The number of aryl methyl sites for hydroxylation is 1. The minimum absolute atomic E-state index is 0.175. The summed E-state index contributed by atoms with van der Waals surface area (Å²) in [4.78, 5) is 16.4. The molecule has 3 nitrogen and oxygen atoms in total. The zero-order chi connectivity index (χ0) is 16.2. The lowest BCUT2D eigenvalue weighted by atomic mass is 10.1. The Morgan fingerprint density at radius 3 is 2.17 bits per heavy atom. The van der Waals surface area contributed by atoms with Gasteiger partial charge in [0, 0.05) is 16.5 Å². The zero-order valence-corrected chi connectivity index (χ0v) is 13.7. The lowest BCUT2D eigenvalue weighted by molar-refractivity contribution is -0.115. The van der Waals surface area contributed by atoms with Crippen molar-refractivity contribution in [3.05, 3.63) is 75.4 Å². The molecule has 0 saturated heterocycles. The number of rotatable bonds is 4. The molecule has 5 heteroatoms. The number of nitrogens with one attached hydrogen (secondary N) is 1. The normalized spacial score (nSPS) is 15.7. The SMILES string of the molecule is O=C1NC(CCc2ccc(Cl)cc2)=N/C1=C/c1ccc(Cl)cc1. The van der Waals surface area contributed by atoms with E-state index in [1.165, 1.54) is 0 Å². The number of amides is 1. The van der Waals surface area contributed by atoms with Crippen molar-refractivity contribution >= 4 is 41.0 Å². The number of carbonyl (C=O) groups is 1. The third kappa shape index (κ3) is 4.21. The molecule has 2 aromatic rings. The van der Waals surface area contributed by atoms with Gasteiger partial charge in [-0.15, -0.1) is 0 Å². The second-order valence-corrected chi connectivity index (χ2v) is 6.09. The first-order chi connectivity index (χ1) is 11.1. The Morgan fingerprint density at radius 1 is 0.913 bits per heavy atom. The van der Waals surface area contributed by atoms with Gasteiger partial charge in [0.25, 0.3) is 5.91 Å². The molecule has 0 radical (unpaired) electrons. The van der Waals surface area contributed by atoms with Crippen LogP contribution in [0.15, 0.2) is 59.2 Å². The van der Waals surface area contributed by atoms with Crippen LogP contribution in [-0.2, 0) is 11.2 Å². The number of nitrogens with zero attached hydrogens (tertiary/aromatic N) is 1. The van der Waals surface area contributed by atoms with Gasteiger partial charge in [-0.3, -0.25) is 4.79 Å². The molecule has 0 unspecified atom stereocenters. The molecule has 1 aliphatic rings. The van der Waals surface area contributed by atoms with Gasteiger partial charge >= 0.3 is 0 Å². The summed E-state index contributed by atoms with van der Waals surface area (Å²) in [6.45, 7) is 0. The predicted molar refractivity (Wildman–Crippen MR) is 94.8 cm³/mol. The smallest absolute Gasteiger partial charge is 0.275 e. The van der Waals surface area contributed by atoms with E-state index in [1.54, 1.807) is 18.2 Å². The van der Waals surface area contributed by atoms with Crippen molar-refractivity contribution in [2.24, 2.45) is 4.99 Å². The molecule has 0 saturated carbocycles. The highest BCUT2D eigenvalue weighted by molar-refractivity contribution is 6.30. The van der Waals surface area contributed by atoms with E-state index in [9.17, 15) is 4.79 Å². The first-order valence-electron chi connectivity index (χ1n) is 7.21. The molecule has 2 aromatic carbocycles. The van der Waals surface area contributed by atoms with Crippen molar-refractivity contribution < 1.29 is 4.79 Å². The molecule has 0 aliphatic carbocycles. The molecule has 0 spiro atoms. The van der Waals surface area contributed by atoms with Crippen LogP contribution in [0.25, 0.3) is 6.08 Å². The van der Waals surface area contributed by atoms with Gasteiger partial charge in [-0.2, -0.15) is 0 Å². The number of benzene rings is 2. The van der Waals surface area contributed by atoms with Crippen LogP contribution in [0.3, 0.4) is 0 Å². The number of amidine groups is 1. The standard InChI is InChI=1S/C18H14Cl2N2O/c19-14-6-1-12(2-7-14)5-10-17-21-16(18(23)22-17)11-13-3-8-15(20)9-4-13/h1-4,6-9,11H,5,10H2,(H,21,22,23)/b16-11+. The number of hydrogen-bond donors (Lipinski definition) is 1. The van der Waals surface area contributed by atoms with Crippen LogP contribution in [0, 0.1) is 0 Å². The van der Waals surface area contributed by atoms with Gasteiger partial charge in [0.1, 0.15) is 11.5 Å². The maximum atomic E-state index is 12.0. The molecule has 3 rings (SSSR count). The van der Waals surface area contributed by atoms with Gasteiger partial charge in [0.05, 0.1) is 0 Å². The number of carbonyl (C=O) groups excluding carboxylic acids is 1. The first-order valence-corrected chi connectivity index (χ1v) is 7.96. The van der Waals surface area contributed by atoms with Crippen molar-refractivity contribution in [2.75, 3.05) is 0 Å². The van der Waals surface area contributed by atoms with E-state index in [2.05, 4.69) is 10.3 Å². The maximum absolute atomic E-state index is 12.0. The monoisotopic (exact) mass is 344 g/mol. The molecule has 1 N–H and O–H groups in total. The Bertz CT molecular complexity index is 778. The van der Waals surface area contributed by atoms with E-state index >= 15 is 0 Å². The Hall–Kier alpha value is -2.10. The second-order valence-electron chi connectivity index (χ2n) is 5.22. The summed E-state index contributed by atoms with van der Waals surface area (Å²) >= 11 is 11.7. The van der Waals surface area contributed by atoms with E-state index in [0.717, 1.165) is 17.5 Å². The average Bonchev–Trinajstić information content (AvgIpc) is 2.89. The molecule has 1 heterocycles. The van der Waals surface area contributed by atoms with E-state index in [1.807, 2.05) is 36.4 Å². The van der Waals surface area contributed by atoms with Crippen molar-refractivity contribution in [1.82, 2.24) is 5.32 Å². The molecule has 1 amide bonds. The van der Waals surface area contributed by atoms with Crippen LogP contribution in [0.5, 0.6) is 0 Å². The summed E-state index contributed by atoms with van der Waals surface area (Å²) in [5, 5.41) is 4.19. The highest BCUT2D eigenvalue weighted by Gasteiger charge is 2.19. The summed E-state index contributed by atoms with van der Waals surface area (Å²) < 4.78 is 0. The fraction of sp³-hybridized carbons (Fsp3) is 0.111. The highest BCUT2D eigenvalue weighted by atomic mass is 35.5. The largest absolute Gasteiger partial charge is 0.309 e. The highest BCUT2D eigenvalue weighted by Crippen LogP contribution is 2.17. The Morgan fingerprint density at radius 2 is 1.52 bits per heavy atom.